The molecular formula is C15H21N3O3. The number of fused-ring (bicyclic) bond motifs is 1. The summed E-state index contributed by atoms with van der Waals surface area (Å²) in [6.07, 6.45) is 1.54. The number of ether oxygens (including phenoxy) is 1. The second kappa shape index (κ2) is 5.79. The van der Waals surface area contributed by atoms with Crippen LogP contribution in [0.25, 0.3) is 0 Å². The third-order valence-corrected chi connectivity index (χ3v) is 4.14. The molecule has 1 N–H and O–H groups in total. The van der Waals surface area contributed by atoms with Gasteiger partial charge in [-0.25, -0.2) is 4.79 Å². The van der Waals surface area contributed by atoms with Crippen molar-refractivity contribution in [3.63, 3.8) is 0 Å². The van der Waals surface area contributed by atoms with Gasteiger partial charge in [0, 0.05) is 18.7 Å². The molecule has 0 radical (unpaired) electrons. The van der Waals surface area contributed by atoms with Gasteiger partial charge in [0.2, 0.25) is 5.88 Å². The van der Waals surface area contributed by atoms with Crippen LogP contribution in [0.5, 0.6) is 5.88 Å². The molecule has 1 atom stereocenters. The van der Waals surface area contributed by atoms with Gasteiger partial charge < -0.3 is 19.6 Å². The Kier molecular flexibility index (Phi) is 3.86. The van der Waals surface area contributed by atoms with E-state index in [-0.39, 0.29) is 0 Å². The lowest BCUT2D eigenvalue weighted by Crippen LogP contribution is -2.34. The molecule has 1 saturated heterocycles. The number of rotatable bonds is 1. The van der Waals surface area contributed by atoms with Gasteiger partial charge in [-0.3, -0.25) is 0 Å². The summed E-state index contributed by atoms with van der Waals surface area (Å²) in [5, 5.41) is 9.12. The van der Waals surface area contributed by atoms with E-state index < -0.39 is 6.09 Å². The lowest BCUT2D eigenvalue weighted by molar-refractivity contribution is 0.137. The summed E-state index contributed by atoms with van der Waals surface area (Å²) >= 11 is 0. The quantitative estimate of drug-likeness (QED) is 0.859. The molecule has 0 bridgehead atoms. The SMILES string of the molecule is CC1CCCN(c2ccc3c(n2)OCCN(C(=O)O)C3)C1. The highest BCUT2D eigenvalue weighted by molar-refractivity contribution is 5.65. The Balaban J connectivity index is 1.81. The van der Waals surface area contributed by atoms with Gasteiger partial charge in [-0.1, -0.05) is 6.92 Å². The molecule has 6 heteroatoms. The minimum Gasteiger partial charge on any atom is -0.475 e. The zero-order valence-electron chi connectivity index (χ0n) is 12.3. The normalized spacial score (nSPS) is 22.2. The van der Waals surface area contributed by atoms with Crippen molar-refractivity contribution in [2.24, 2.45) is 5.92 Å². The molecule has 2 aliphatic rings. The zero-order chi connectivity index (χ0) is 14.8. The predicted octanol–water partition coefficient (Wildman–Crippen LogP) is 2.19. The van der Waals surface area contributed by atoms with Crippen LogP contribution in [0.4, 0.5) is 10.6 Å². The van der Waals surface area contributed by atoms with Crippen molar-refractivity contribution < 1.29 is 14.6 Å². The average molecular weight is 291 g/mol. The highest BCUT2D eigenvalue weighted by atomic mass is 16.5. The van der Waals surface area contributed by atoms with Crippen LogP contribution in [-0.2, 0) is 6.54 Å². The maximum atomic E-state index is 11.1. The number of hydrogen-bond donors (Lipinski definition) is 1. The molecule has 1 amide bonds. The number of pyridine rings is 1. The van der Waals surface area contributed by atoms with Crippen molar-refractivity contribution in [1.29, 1.82) is 0 Å². The van der Waals surface area contributed by atoms with Crippen molar-refractivity contribution >= 4 is 11.9 Å². The third kappa shape index (κ3) is 3.04. The number of aromatic nitrogens is 1. The van der Waals surface area contributed by atoms with E-state index in [1.165, 1.54) is 17.7 Å². The Labute approximate surface area is 124 Å². The standard InChI is InChI=1S/C15H21N3O3/c1-11-3-2-6-17(9-11)13-5-4-12-10-18(15(19)20)7-8-21-14(12)16-13/h4-5,11H,2-3,6-10H2,1H3,(H,19,20). The number of nitrogens with zero attached hydrogens (tertiary/aromatic N) is 3. The lowest BCUT2D eigenvalue weighted by Gasteiger charge is -2.32. The first-order valence-corrected chi connectivity index (χ1v) is 7.49. The summed E-state index contributed by atoms with van der Waals surface area (Å²) in [6.45, 7) is 5.38. The van der Waals surface area contributed by atoms with Gasteiger partial charge in [0.1, 0.15) is 12.4 Å². The molecule has 1 fully saturated rings. The van der Waals surface area contributed by atoms with Crippen LogP contribution in [-0.4, -0.2) is 47.3 Å². The third-order valence-electron chi connectivity index (χ3n) is 4.14. The van der Waals surface area contributed by atoms with Gasteiger partial charge in [0.05, 0.1) is 13.1 Å². The molecule has 3 heterocycles. The largest absolute Gasteiger partial charge is 0.475 e. The maximum Gasteiger partial charge on any atom is 0.407 e. The summed E-state index contributed by atoms with van der Waals surface area (Å²) in [5.74, 6) is 2.20. The van der Waals surface area contributed by atoms with E-state index in [1.54, 1.807) is 0 Å². The molecular weight excluding hydrogens is 270 g/mol. The molecule has 1 aromatic rings. The van der Waals surface area contributed by atoms with Gasteiger partial charge in [-0.05, 0) is 30.9 Å². The van der Waals surface area contributed by atoms with E-state index in [9.17, 15) is 4.79 Å². The number of carboxylic acid groups (broad SMARTS) is 1. The topological polar surface area (TPSA) is 65.9 Å². The van der Waals surface area contributed by atoms with Crippen LogP contribution in [0.1, 0.15) is 25.3 Å². The Morgan fingerprint density at radius 2 is 2.29 bits per heavy atom. The van der Waals surface area contributed by atoms with Crippen molar-refractivity contribution in [3.05, 3.63) is 17.7 Å². The number of piperidine rings is 1. The first kappa shape index (κ1) is 14.0. The first-order chi connectivity index (χ1) is 10.1. The van der Waals surface area contributed by atoms with E-state index in [2.05, 4.69) is 16.8 Å². The summed E-state index contributed by atoms with van der Waals surface area (Å²) in [7, 11) is 0. The van der Waals surface area contributed by atoms with Crippen LogP contribution in [0, 0.1) is 5.92 Å². The Morgan fingerprint density at radius 1 is 1.43 bits per heavy atom. The molecule has 1 unspecified atom stereocenters. The summed E-state index contributed by atoms with van der Waals surface area (Å²) in [5.41, 5.74) is 0.837. The highest BCUT2D eigenvalue weighted by Gasteiger charge is 2.22. The molecule has 0 spiro atoms. The van der Waals surface area contributed by atoms with Gasteiger partial charge in [0.15, 0.2) is 0 Å². The minimum atomic E-state index is -0.916. The molecule has 21 heavy (non-hydrogen) atoms. The molecule has 0 saturated carbocycles. The second-order valence-electron chi connectivity index (χ2n) is 5.88. The second-order valence-corrected chi connectivity index (χ2v) is 5.88. The van der Waals surface area contributed by atoms with E-state index >= 15 is 0 Å². The molecule has 114 valence electrons. The van der Waals surface area contributed by atoms with Crippen molar-refractivity contribution in [3.8, 4) is 5.88 Å². The van der Waals surface area contributed by atoms with Crippen LogP contribution in [0.15, 0.2) is 12.1 Å². The number of hydrogen-bond acceptors (Lipinski definition) is 4. The Bertz CT molecular complexity index is 535. The number of anilines is 1. The van der Waals surface area contributed by atoms with E-state index in [1.807, 2.05) is 12.1 Å². The molecule has 3 rings (SSSR count). The van der Waals surface area contributed by atoms with Gasteiger partial charge >= 0.3 is 6.09 Å². The minimum absolute atomic E-state index is 0.342. The van der Waals surface area contributed by atoms with Crippen molar-refractivity contribution in [2.45, 2.75) is 26.3 Å². The molecule has 6 nitrogen and oxygen atoms in total. The Morgan fingerprint density at radius 3 is 3.05 bits per heavy atom. The fourth-order valence-corrected chi connectivity index (χ4v) is 2.98. The monoisotopic (exact) mass is 291 g/mol. The maximum absolute atomic E-state index is 11.1. The van der Waals surface area contributed by atoms with Crippen LogP contribution >= 0.6 is 0 Å². The molecule has 2 aliphatic heterocycles. The lowest BCUT2D eigenvalue weighted by atomic mass is 10.0. The van der Waals surface area contributed by atoms with Gasteiger partial charge in [-0.15, -0.1) is 0 Å². The summed E-state index contributed by atoms with van der Waals surface area (Å²) in [4.78, 5) is 19.4. The molecule has 0 aliphatic carbocycles. The van der Waals surface area contributed by atoms with E-state index in [0.29, 0.717) is 31.5 Å². The fraction of sp³-hybridized carbons (Fsp3) is 0.600. The van der Waals surface area contributed by atoms with Gasteiger partial charge in [-0.2, -0.15) is 4.98 Å². The van der Waals surface area contributed by atoms with E-state index in [4.69, 9.17) is 9.84 Å². The van der Waals surface area contributed by atoms with Gasteiger partial charge in [0.25, 0.3) is 0 Å². The smallest absolute Gasteiger partial charge is 0.407 e. The highest BCUT2D eigenvalue weighted by Crippen LogP contribution is 2.27. The van der Waals surface area contributed by atoms with Crippen LogP contribution in [0.2, 0.25) is 0 Å². The summed E-state index contributed by atoms with van der Waals surface area (Å²) < 4.78 is 5.64. The Hall–Kier alpha value is -1.98. The summed E-state index contributed by atoms with van der Waals surface area (Å²) in [6, 6.07) is 3.92. The number of carbonyl (C=O) groups is 1. The van der Waals surface area contributed by atoms with Crippen molar-refractivity contribution in [1.82, 2.24) is 9.88 Å². The molecule has 1 aromatic heterocycles. The molecule has 0 aromatic carbocycles. The van der Waals surface area contributed by atoms with Crippen LogP contribution < -0.4 is 9.64 Å². The first-order valence-electron chi connectivity index (χ1n) is 7.49. The van der Waals surface area contributed by atoms with Crippen LogP contribution in [0.3, 0.4) is 0 Å². The average Bonchev–Trinajstić information content (AvgIpc) is 2.68. The van der Waals surface area contributed by atoms with E-state index in [0.717, 1.165) is 24.5 Å². The zero-order valence-corrected chi connectivity index (χ0v) is 12.3. The number of amides is 1. The van der Waals surface area contributed by atoms with Crippen molar-refractivity contribution in [2.75, 3.05) is 31.1 Å². The predicted molar refractivity (Wildman–Crippen MR) is 78.8 cm³/mol. The fourth-order valence-electron chi connectivity index (χ4n) is 2.98.